The largest absolute Gasteiger partial charge is 0.456 e. The van der Waals surface area contributed by atoms with Gasteiger partial charge in [-0.3, -0.25) is 4.98 Å². The summed E-state index contributed by atoms with van der Waals surface area (Å²) in [4.78, 5) is 4.85. The van der Waals surface area contributed by atoms with Crippen molar-refractivity contribution < 1.29 is 4.42 Å². The number of rotatable bonds is 3. The van der Waals surface area contributed by atoms with E-state index in [1.54, 1.807) is 0 Å². The second-order valence-electron chi connectivity index (χ2n) is 10.8. The van der Waals surface area contributed by atoms with Gasteiger partial charge in [0.15, 0.2) is 0 Å². The van der Waals surface area contributed by atoms with Gasteiger partial charge in [0, 0.05) is 27.2 Å². The molecule has 0 atom stereocenters. The number of hydrogen-bond donors (Lipinski definition) is 0. The Hall–Kier alpha value is -3.17. The van der Waals surface area contributed by atoms with Gasteiger partial charge in [0.05, 0.1) is 10.2 Å². The van der Waals surface area contributed by atoms with E-state index in [1.807, 2.05) is 17.5 Å². The van der Waals surface area contributed by atoms with Crippen molar-refractivity contribution in [2.24, 2.45) is 5.92 Å². The van der Waals surface area contributed by atoms with Crippen LogP contribution in [0.2, 0.25) is 0 Å². The number of thiophene rings is 1. The van der Waals surface area contributed by atoms with Gasteiger partial charge in [-0.05, 0) is 63.9 Å². The van der Waals surface area contributed by atoms with E-state index in [4.69, 9.17) is 9.40 Å². The molecule has 0 spiro atoms. The van der Waals surface area contributed by atoms with Crippen LogP contribution in [0, 0.1) is 5.92 Å². The first-order chi connectivity index (χ1) is 16.3. The van der Waals surface area contributed by atoms with Crippen molar-refractivity contribution in [3.8, 4) is 11.3 Å². The lowest BCUT2D eigenvalue weighted by molar-refractivity contribution is 0.602. The normalized spacial score (nSPS) is 12.6. The van der Waals surface area contributed by atoms with E-state index >= 15 is 0 Å². The smallest absolute Gasteiger partial charge is 0.136 e. The molecule has 0 aliphatic rings. The second-order valence-corrected chi connectivity index (χ2v) is 11.8. The maximum absolute atomic E-state index is 6.43. The zero-order chi connectivity index (χ0) is 23.6. The van der Waals surface area contributed by atoms with E-state index in [9.17, 15) is 0 Å². The van der Waals surface area contributed by atoms with Crippen LogP contribution in [0.4, 0.5) is 0 Å². The lowest BCUT2D eigenvalue weighted by Crippen LogP contribution is -2.11. The summed E-state index contributed by atoms with van der Waals surface area (Å²) in [7, 11) is 0. The van der Waals surface area contributed by atoms with Gasteiger partial charge in [0.25, 0.3) is 0 Å². The third-order valence-corrected chi connectivity index (χ3v) is 7.85. The summed E-state index contributed by atoms with van der Waals surface area (Å²) in [5, 5.41) is 4.99. The van der Waals surface area contributed by atoms with E-state index in [2.05, 4.69) is 95.3 Å². The van der Waals surface area contributed by atoms with Gasteiger partial charge in [-0.1, -0.05) is 71.0 Å². The molecule has 2 nitrogen and oxygen atoms in total. The summed E-state index contributed by atoms with van der Waals surface area (Å²) >= 11 is 1.85. The van der Waals surface area contributed by atoms with Gasteiger partial charge in [0.2, 0.25) is 0 Å². The summed E-state index contributed by atoms with van der Waals surface area (Å²) < 4.78 is 8.96. The molecule has 0 fully saturated rings. The molecular formula is C31H29NOS. The molecule has 3 aromatic carbocycles. The van der Waals surface area contributed by atoms with Crippen LogP contribution in [0.3, 0.4) is 0 Å². The van der Waals surface area contributed by atoms with E-state index in [-0.39, 0.29) is 5.41 Å². The van der Waals surface area contributed by atoms with Crippen molar-refractivity contribution in [1.82, 2.24) is 4.98 Å². The number of pyridine rings is 1. The van der Waals surface area contributed by atoms with Crippen molar-refractivity contribution in [2.75, 3.05) is 0 Å². The molecule has 3 heterocycles. The summed E-state index contributed by atoms with van der Waals surface area (Å²) in [6, 6.07) is 21.9. The lowest BCUT2D eigenvalue weighted by Gasteiger charge is -2.22. The predicted octanol–water partition coefficient (Wildman–Crippen LogP) is 9.51. The van der Waals surface area contributed by atoms with Crippen LogP contribution < -0.4 is 0 Å². The zero-order valence-electron chi connectivity index (χ0n) is 20.4. The molecule has 6 aromatic rings. The van der Waals surface area contributed by atoms with Crippen LogP contribution in [-0.4, -0.2) is 4.98 Å². The number of hydrogen-bond acceptors (Lipinski definition) is 3. The van der Waals surface area contributed by atoms with Gasteiger partial charge in [-0.15, -0.1) is 11.3 Å². The number of aromatic nitrogens is 1. The van der Waals surface area contributed by atoms with Gasteiger partial charge in [-0.2, -0.15) is 0 Å². The van der Waals surface area contributed by atoms with Crippen LogP contribution >= 0.6 is 11.3 Å². The number of furan rings is 1. The Bertz CT molecular complexity index is 1690. The zero-order valence-corrected chi connectivity index (χ0v) is 21.2. The Morgan fingerprint density at radius 3 is 2.50 bits per heavy atom. The summed E-state index contributed by atoms with van der Waals surface area (Å²) in [5.74, 6) is 1.54. The molecule has 0 saturated heterocycles. The molecule has 0 bridgehead atoms. The maximum Gasteiger partial charge on any atom is 0.136 e. The molecule has 0 radical (unpaired) electrons. The standard InChI is InChI=1S/C31H29NOS/c1-18(2)14-19-10-11-21-17-26(33-25(21)15-19)23-12-13-32-28-24-16-20-8-6-7-9-22(20)27(31(3,4)5)29(24)34-30(23)28/h6-13,15-18H,14H2,1-5H3. The highest BCUT2D eigenvalue weighted by atomic mass is 32.1. The second kappa shape index (κ2) is 7.68. The Morgan fingerprint density at radius 1 is 0.882 bits per heavy atom. The summed E-state index contributed by atoms with van der Waals surface area (Å²) in [5.41, 5.74) is 5.89. The highest BCUT2D eigenvalue weighted by Crippen LogP contribution is 2.46. The Labute approximate surface area is 204 Å². The number of fused-ring (bicyclic) bond motifs is 5. The average Bonchev–Trinajstić information content (AvgIpc) is 3.36. The minimum absolute atomic E-state index is 0.0202. The fourth-order valence-corrected chi connectivity index (χ4v) is 6.73. The van der Waals surface area contributed by atoms with E-state index < -0.39 is 0 Å². The Kier molecular flexibility index (Phi) is 4.82. The minimum atomic E-state index is 0.0202. The Balaban J connectivity index is 1.62. The first-order valence-corrected chi connectivity index (χ1v) is 12.9. The van der Waals surface area contributed by atoms with E-state index in [0.29, 0.717) is 5.92 Å². The Morgan fingerprint density at radius 2 is 1.71 bits per heavy atom. The van der Waals surface area contributed by atoms with Crippen LogP contribution in [0.1, 0.15) is 45.7 Å². The molecule has 0 unspecified atom stereocenters. The van der Waals surface area contributed by atoms with Crippen molar-refractivity contribution in [1.29, 1.82) is 0 Å². The molecule has 170 valence electrons. The van der Waals surface area contributed by atoms with Gasteiger partial charge in [-0.25, -0.2) is 0 Å². The molecule has 0 saturated carbocycles. The fourth-order valence-electron chi connectivity index (χ4n) is 5.20. The van der Waals surface area contributed by atoms with Crippen molar-refractivity contribution in [3.63, 3.8) is 0 Å². The third kappa shape index (κ3) is 3.42. The lowest BCUT2D eigenvalue weighted by atomic mass is 9.83. The summed E-state index contributed by atoms with van der Waals surface area (Å²) in [6.07, 6.45) is 2.98. The quantitative estimate of drug-likeness (QED) is 0.261. The average molecular weight is 464 g/mol. The van der Waals surface area contributed by atoms with Gasteiger partial charge >= 0.3 is 0 Å². The molecular weight excluding hydrogens is 434 g/mol. The SMILES string of the molecule is CC(C)Cc1ccc2cc(-c3ccnc4c3sc3c(C(C)(C)C)c5ccccc5cc34)oc2c1. The first kappa shape index (κ1) is 21.4. The van der Waals surface area contributed by atoms with E-state index in [1.165, 1.54) is 36.7 Å². The van der Waals surface area contributed by atoms with Gasteiger partial charge < -0.3 is 4.42 Å². The first-order valence-electron chi connectivity index (χ1n) is 12.1. The molecule has 34 heavy (non-hydrogen) atoms. The molecule has 0 amide bonds. The molecule has 0 aliphatic carbocycles. The molecule has 3 heteroatoms. The van der Waals surface area contributed by atoms with Crippen LogP contribution in [-0.2, 0) is 11.8 Å². The van der Waals surface area contributed by atoms with Gasteiger partial charge in [0.1, 0.15) is 11.3 Å². The number of benzene rings is 3. The van der Waals surface area contributed by atoms with Crippen molar-refractivity contribution in [3.05, 3.63) is 78.0 Å². The number of nitrogens with zero attached hydrogens (tertiary/aromatic N) is 1. The molecule has 0 N–H and O–H groups in total. The van der Waals surface area contributed by atoms with Crippen LogP contribution in [0.5, 0.6) is 0 Å². The van der Waals surface area contributed by atoms with Crippen LogP contribution in [0.25, 0.3) is 53.4 Å². The molecule has 0 aliphatic heterocycles. The molecule has 6 rings (SSSR count). The third-order valence-electron chi connectivity index (χ3n) is 6.61. The highest BCUT2D eigenvalue weighted by molar-refractivity contribution is 7.26. The summed E-state index contributed by atoms with van der Waals surface area (Å²) in [6.45, 7) is 11.4. The van der Waals surface area contributed by atoms with Crippen molar-refractivity contribution >= 4 is 53.4 Å². The maximum atomic E-state index is 6.43. The minimum Gasteiger partial charge on any atom is -0.456 e. The predicted molar refractivity (Wildman–Crippen MR) is 147 cm³/mol. The van der Waals surface area contributed by atoms with Crippen LogP contribution in [0.15, 0.2) is 71.3 Å². The fraction of sp³-hybridized carbons (Fsp3) is 0.258. The van der Waals surface area contributed by atoms with Crippen molar-refractivity contribution in [2.45, 2.75) is 46.5 Å². The van der Waals surface area contributed by atoms with E-state index in [0.717, 1.165) is 34.2 Å². The monoisotopic (exact) mass is 463 g/mol. The topological polar surface area (TPSA) is 26.0 Å². The highest BCUT2D eigenvalue weighted by Gasteiger charge is 2.24. The molecule has 3 aromatic heterocycles.